The largest absolute Gasteiger partial charge is 0.493 e. The average molecular weight is 407 g/mol. The van der Waals surface area contributed by atoms with E-state index in [1.165, 1.54) is 6.92 Å². The fraction of sp³-hybridized carbons (Fsp3) is 0.444. The molecule has 152 valence electrons. The number of nitrogens with two attached hydrogens (primary N) is 1. The van der Waals surface area contributed by atoms with Crippen LogP contribution in [-0.4, -0.2) is 51.7 Å². The summed E-state index contributed by atoms with van der Waals surface area (Å²) in [6, 6.07) is 5.59. The highest BCUT2D eigenvalue weighted by Crippen LogP contribution is 2.28. The van der Waals surface area contributed by atoms with Crippen LogP contribution >= 0.6 is 11.8 Å². The molecule has 1 amide bonds. The lowest BCUT2D eigenvalue weighted by molar-refractivity contribution is -0.128. The van der Waals surface area contributed by atoms with Crippen LogP contribution in [0.3, 0.4) is 0 Å². The van der Waals surface area contributed by atoms with Crippen molar-refractivity contribution < 1.29 is 14.3 Å². The van der Waals surface area contributed by atoms with Crippen LogP contribution in [0.25, 0.3) is 0 Å². The smallest absolute Gasteiger partial charge is 0.294 e. The molecule has 0 aliphatic carbocycles. The van der Waals surface area contributed by atoms with Crippen LogP contribution in [0.2, 0.25) is 0 Å². The second kappa shape index (κ2) is 9.98. The fourth-order valence-corrected chi connectivity index (χ4v) is 3.22. The van der Waals surface area contributed by atoms with Crippen molar-refractivity contribution in [2.24, 2.45) is 0 Å². The van der Waals surface area contributed by atoms with E-state index in [9.17, 15) is 9.59 Å². The first-order valence-corrected chi connectivity index (χ1v) is 9.81. The van der Waals surface area contributed by atoms with Gasteiger partial charge in [-0.05, 0) is 38.5 Å². The highest BCUT2D eigenvalue weighted by atomic mass is 32.2. The van der Waals surface area contributed by atoms with Gasteiger partial charge >= 0.3 is 0 Å². The van der Waals surface area contributed by atoms with Crippen LogP contribution in [0.15, 0.2) is 28.2 Å². The third-order valence-corrected chi connectivity index (χ3v) is 4.91. The van der Waals surface area contributed by atoms with Gasteiger partial charge in [-0.1, -0.05) is 17.8 Å². The maximum atomic E-state index is 12.6. The van der Waals surface area contributed by atoms with Gasteiger partial charge in [0.25, 0.3) is 5.56 Å². The van der Waals surface area contributed by atoms with E-state index in [2.05, 4.69) is 10.2 Å². The molecule has 0 radical (unpaired) electrons. The number of carbonyl (C=O) groups is 1. The number of aryl methyl sites for hydroxylation is 1. The quantitative estimate of drug-likeness (QED) is 0.487. The molecule has 9 nitrogen and oxygen atoms in total. The van der Waals surface area contributed by atoms with Crippen LogP contribution in [0.5, 0.6) is 11.5 Å². The number of ether oxygens (including phenoxy) is 2. The van der Waals surface area contributed by atoms with Gasteiger partial charge in [0.1, 0.15) is 5.69 Å². The molecule has 10 heteroatoms. The first kappa shape index (κ1) is 21.5. The molecule has 0 spiro atoms. The van der Waals surface area contributed by atoms with E-state index in [0.717, 1.165) is 22.0 Å². The second-order valence-electron chi connectivity index (χ2n) is 5.86. The first-order valence-electron chi connectivity index (χ1n) is 8.82. The summed E-state index contributed by atoms with van der Waals surface area (Å²) in [5, 5.41) is 7.83. The molecule has 1 aromatic heterocycles. The van der Waals surface area contributed by atoms with Crippen molar-refractivity contribution in [1.82, 2.24) is 19.8 Å². The highest BCUT2D eigenvalue weighted by molar-refractivity contribution is 7.99. The van der Waals surface area contributed by atoms with Crippen LogP contribution in [0.4, 0.5) is 0 Å². The summed E-state index contributed by atoms with van der Waals surface area (Å²) < 4.78 is 11.8. The van der Waals surface area contributed by atoms with E-state index < -0.39 is 5.56 Å². The van der Waals surface area contributed by atoms with Crippen LogP contribution in [-0.2, 0) is 11.3 Å². The summed E-state index contributed by atoms with van der Waals surface area (Å²) >= 11 is 1.08. The van der Waals surface area contributed by atoms with Crippen molar-refractivity contribution in [3.05, 3.63) is 39.8 Å². The highest BCUT2D eigenvalue weighted by Gasteiger charge is 2.16. The molecule has 1 aromatic carbocycles. The summed E-state index contributed by atoms with van der Waals surface area (Å²) in [6.45, 7) is 6.83. The topological polar surface area (TPSA) is 113 Å². The standard InChI is InChI=1S/C18H25N5O4S/c1-5-22(10-13-7-8-14(27-6-2)15(9-13)26-4)16(24)11-28-18-21-20-12(3)17(25)23(18)19/h7-9H,5-6,10-11,19H2,1-4H3. The van der Waals surface area contributed by atoms with E-state index in [1.54, 1.807) is 12.0 Å². The van der Waals surface area contributed by atoms with Gasteiger partial charge in [0, 0.05) is 13.1 Å². The molecule has 2 aromatic rings. The number of rotatable bonds is 9. The molecule has 0 atom stereocenters. The zero-order valence-electron chi connectivity index (χ0n) is 16.5. The van der Waals surface area contributed by atoms with Crippen LogP contribution in [0, 0.1) is 6.92 Å². The molecular weight excluding hydrogens is 382 g/mol. The summed E-state index contributed by atoms with van der Waals surface area (Å²) in [6.07, 6.45) is 0. The molecule has 0 bridgehead atoms. The van der Waals surface area contributed by atoms with Crippen LogP contribution in [0.1, 0.15) is 25.1 Å². The first-order chi connectivity index (χ1) is 13.4. The molecule has 0 saturated heterocycles. The minimum atomic E-state index is -0.432. The van der Waals surface area contributed by atoms with E-state index in [-0.39, 0.29) is 22.5 Å². The second-order valence-corrected chi connectivity index (χ2v) is 6.80. The number of hydrogen-bond acceptors (Lipinski definition) is 8. The van der Waals surface area contributed by atoms with Gasteiger partial charge < -0.3 is 20.2 Å². The lowest BCUT2D eigenvalue weighted by atomic mass is 10.2. The molecule has 0 saturated carbocycles. The SMILES string of the molecule is CCOc1ccc(CN(CC)C(=O)CSc2nnc(C)c(=O)n2N)cc1OC. The lowest BCUT2D eigenvalue weighted by Gasteiger charge is -2.21. The number of carbonyl (C=O) groups excluding carboxylic acids is 1. The minimum Gasteiger partial charge on any atom is -0.493 e. The third kappa shape index (κ3) is 5.16. The number of aromatic nitrogens is 3. The van der Waals surface area contributed by atoms with Gasteiger partial charge in [0.05, 0.1) is 19.5 Å². The van der Waals surface area contributed by atoms with E-state index in [4.69, 9.17) is 15.3 Å². The molecule has 28 heavy (non-hydrogen) atoms. The number of thioether (sulfide) groups is 1. The summed E-state index contributed by atoms with van der Waals surface area (Å²) in [7, 11) is 1.58. The molecule has 0 aliphatic heterocycles. The number of hydrogen-bond donors (Lipinski definition) is 1. The van der Waals surface area contributed by atoms with Gasteiger partial charge in [-0.3, -0.25) is 9.59 Å². The Bertz CT molecular complexity index is 887. The number of amides is 1. The monoisotopic (exact) mass is 407 g/mol. The van der Waals surface area contributed by atoms with E-state index >= 15 is 0 Å². The zero-order chi connectivity index (χ0) is 20.7. The Labute approximate surface area is 167 Å². The third-order valence-electron chi connectivity index (χ3n) is 3.98. The Balaban J connectivity index is 2.06. The van der Waals surface area contributed by atoms with Crippen molar-refractivity contribution >= 4 is 17.7 Å². The molecule has 2 rings (SSSR count). The summed E-state index contributed by atoms with van der Waals surface area (Å²) in [4.78, 5) is 26.1. The molecule has 1 heterocycles. The lowest BCUT2D eigenvalue weighted by Crippen LogP contribution is -2.34. The van der Waals surface area contributed by atoms with Crippen molar-refractivity contribution in [1.29, 1.82) is 0 Å². The maximum absolute atomic E-state index is 12.6. The molecule has 0 aliphatic rings. The molecule has 0 fully saturated rings. The van der Waals surface area contributed by atoms with Crippen molar-refractivity contribution in [3.8, 4) is 11.5 Å². The summed E-state index contributed by atoms with van der Waals surface area (Å²) in [5.41, 5.74) is 0.697. The predicted octanol–water partition coefficient (Wildman–Crippen LogP) is 1.21. The maximum Gasteiger partial charge on any atom is 0.294 e. The van der Waals surface area contributed by atoms with Gasteiger partial charge in [0.15, 0.2) is 11.5 Å². The Morgan fingerprint density at radius 3 is 2.68 bits per heavy atom. The number of benzene rings is 1. The van der Waals surface area contributed by atoms with E-state index in [0.29, 0.717) is 31.2 Å². The normalized spacial score (nSPS) is 10.6. The predicted molar refractivity (Wildman–Crippen MR) is 107 cm³/mol. The zero-order valence-corrected chi connectivity index (χ0v) is 17.3. The Morgan fingerprint density at radius 2 is 2.04 bits per heavy atom. The Hall–Kier alpha value is -2.75. The van der Waals surface area contributed by atoms with Gasteiger partial charge in [-0.15, -0.1) is 10.2 Å². The van der Waals surface area contributed by atoms with Gasteiger partial charge in [-0.2, -0.15) is 4.68 Å². The van der Waals surface area contributed by atoms with Crippen LogP contribution < -0.4 is 20.9 Å². The number of nitrogen functional groups attached to an aromatic ring is 1. The average Bonchev–Trinajstić information content (AvgIpc) is 2.70. The van der Waals surface area contributed by atoms with Crippen molar-refractivity contribution in [2.75, 3.05) is 31.9 Å². The van der Waals surface area contributed by atoms with Gasteiger partial charge in [-0.25, -0.2) is 0 Å². The molecule has 0 unspecified atom stereocenters. The molecule has 2 N–H and O–H groups in total. The Morgan fingerprint density at radius 1 is 1.29 bits per heavy atom. The molecular formula is C18H25N5O4S. The number of nitrogens with zero attached hydrogens (tertiary/aromatic N) is 4. The Kier molecular flexibility index (Phi) is 7.68. The summed E-state index contributed by atoms with van der Waals surface area (Å²) in [5.74, 6) is 6.98. The van der Waals surface area contributed by atoms with E-state index in [1.807, 2.05) is 32.0 Å². The number of methoxy groups -OCH3 is 1. The van der Waals surface area contributed by atoms with Crippen molar-refractivity contribution in [2.45, 2.75) is 32.5 Å². The fourth-order valence-electron chi connectivity index (χ4n) is 2.47. The minimum absolute atomic E-state index is 0.0936. The van der Waals surface area contributed by atoms with Gasteiger partial charge in [0.2, 0.25) is 11.1 Å². The van der Waals surface area contributed by atoms with Crippen molar-refractivity contribution in [3.63, 3.8) is 0 Å².